The van der Waals surface area contributed by atoms with Crippen molar-refractivity contribution in [1.29, 1.82) is 0 Å². The lowest BCUT2D eigenvalue weighted by Gasteiger charge is -2.03. The first-order chi connectivity index (χ1) is 9.76. The Morgan fingerprint density at radius 3 is 2.75 bits per heavy atom. The Kier molecular flexibility index (Phi) is 3.39. The zero-order valence-electron chi connectivity index (χ0n) is 10.8. The van der Waals surface area contributed by atoms with E-state index in [1.54, 1.807) is 12.1 Å². The SMILES string of the molecule is NCc1cccc2oc(COc3cccc(F)c3)cc12. The standard InChI is InChI=1S/C16H14FNO2/c17-12-4-2-5-13(7-12)19-10-14-8-15-11(9-18)3-1-6-16(15)20-14/h1-8H,9-10,18H2. The second-order valence-corrected chi connectivity index (χ2v) is 4.49. The Morgan fingerprint density at radius 1 is 1.10 bits per heavy atom. The number of furan rings is 1. The first-order valence-corrected chi connectivity index (χ1v) is 6.35. The molecule has 0 fully saturated rings. The molecule has 4 heteroatoms. The van der Waals surface area contributed by atoms with Gasteiger partial charge in [-0.15, -0.1) is 0 Å². The van der Waals surface area contributed by atoms with Crippen LogP contribution in [0.1, 0.15) is 11.3 Å². The van der Waals surface area contributed by atoms with E-state index in [1.807, 2.05) is 24.3 Å². The minimum Gasteiger partial charge on any atom is -0.486 e. The van der Waals surface area contributed by atoms with Gasteiger partial charge in [-0.1, -0.05) is 18.2 Å². The zero-order chi connectivity index (χ0) is 13.9. The second-order valence-electron chi connectivity index (χ2n) is 4.49. The molecule has 0 saturated heterocycles. The third-order valence-electron chi connectivity index (χ3n) is 3.10. The van der Waals surface area contributed by atoms with Gasteiger partial charge >= 0.3 is 0 Å². The number of benzene rings is 2. The number of fused-ring (bicyclic) bond motifs is 1. The fourth-order valence-electron chi connectivity index (χ4n) is 2.13. The van der Waals surface area contributed by atoms with Crippen LogP contribution in [0.15, 0.2) is 52.9 Å². The summed E-state index contributed by atoms with van der Waals surface area (Å²) in [7, 11) is 0. The Balaban J connectivity index is 1.81. The molecule has 3 aromatic rings. The highest BCUT2D eigenvalue weighted by atomic mass is 19.1. The molecule has 20 heavy (non-hydrogen) atoms. The van der Waals surface area contributed by atoms with Gasteiger partial charge in [0.2, 0.25) is 0 Å². The van der Waals surface area contributed by atoms with E-state index in [4.69, 9.17) is 14.9 Å². The minimum atomic E-state index is -0.322. The summed E-state index contributed by atoms with van der Waals surface area (Å²) in [5.41, 5.74) is 7.51. The van der Waals surface area contributed by atoms with Crippen LogP contribution in [0.4, 0.5) is 4.39 Å². The van der Waals surface area contributed by atoms with Gasteiger partial charge in [0.05, 0.1) is 0 Å². The third kappa shape index (κ3) is 2.51. The van der Waals surface area contributed by atoms with Crippen molar-refractivity contribution in [1.82, 2.24) is 0 Å². The highest BCUT2D eigenvalue weighted by Gasteiger charge is 2.07. The third-order valence-corrected chi connectivity index (χ3v) is 3.10. The van der Waals surface area contributed by atoms with Crippen LogP contribution in [-0.4, -0.2) is 0 Å². The summed E-state index contributed by atoms with van der Waals surface area (Å²) in [4.78, 5) is 0. The summed E-state index contributed by atoms with van der Waals surface area (Å²) in [5.74, 6) is 0.840. The molecule has 0 radical (unpaired) electrons. The predicted molar refractivity (Wildman–Crippen MR) is 74.8 cm³/mol. The van der Waals surface area contributed by atoms with Crippen LogP contribution in [0.5, 0.6) is 5.75 Å². The molecule has 0 atom stereocenters. The summed E-state index contributed by atoms with van der Waals surface area (Å²) in [6, 6.07) is 13.7. The Hall–Kier alpha value is -2.33. The molecule has 0 aliphatic rings. The van der Waals surface area contributed by atoms with Gasteiger partial charge in [-0.05, 0) is 29.8 Å². The molecule has 1 heterocycles. The molecule has 0 unspecified atom stereocenters. The van der Waals surface area contributed by atoms with Gasteiger partial charge in [0.25, 0.3) is 0 Å². The molecule has 3 nitrogen and oxygen atoms in total. The van der Waals surface area contributed by atoms with Crippen LogP contribution < -0.4 is 10.5 Å². The molecule has 2 aromatic carbocycles. The average Bonchev–Trinajstić information content (AvgIpc) is 2.88. The van der Waals surface area contributed by atoms with E-state index < -0.39 is 0 Å². The molecule has 0 aliphatic heterocycles. The van der Waals surface area contributed by atoms with Crippen molar-refractivity contribution in [3.63, 3.8) is 0 Å². The average molecular weight is 271 g/mol. The van der Waals surface area contributed by atoms with Crippen LogP contribution in [0.25, 0.3) is 11.0 Å². The Labute approximate surface area is 115 Å². The molecular formula is C16H14FNO2. The van der Waals surface area contributed by atoms with Gasteiger partial charge in [0.15, 0.2) is 0 Å². The van der Waals surface area contributed by atoms with Crippen LogP contribution >= 0.6 is 0 Å². The zero-order valence-corrected chi connectivity index (χ0v) is 10.8. The number of hydrogen-bond acceptors (Lipinski definition) is 3. The van der Waals surface area contributed by atoms with Crippen LogP contribution in [0.2, 0.25) is 0 Å². The molecule has 2 N–H and O–H groups in total. The first kappa shape index (κ1) is 12.7. The van der Waals surface area contributed by atoms with Gasteiger partial charge in [-0.25, -0.2) is 4.39 Å². The van der Waals surface area contributed by atoms with E-state index in [0.29, 0.717) is 18.1 Å². The lowest BCUT2D eigenvalue weighted by Crippen LogP contribution is -1.96. The van der Waals surface area contributed by atoms with Gasteiger partial charge in [0, 0.05) is 18.0 Å². The maximum absolute atomic E-state index is 13.0. The van der Waals surface area contributed by atoms with Crippen molar-refractivity contribution < 1.29 is 13.5 Å². The van der Waals surface area contributed by atoms with Crippen LogP contribution in [-0.2, 0) is 13.2 Å². The fraction of sp³-hybridized carbons (Fsp3) is 0.125. The molecule has 3 rings (SSSR count). The number of halogens is 1. The molecule has 102 valence electrons. The van der Waals surface area contributed by atoms with E-state index in [9.17, 15) is 4.39 Å². The monoisotopic (exact) mass is 271 g/mol. The molecule has 0 spiro atoms. The van der Waals surface area contributed by atoms with Crippen molar-refractivity contribution in [2.45, 2.75) is 13.2 Å². The van der Waals surface area contributed by atoms with E-state index >= 15 is 0 Å². The summed E-state index contributed by atoms with van der Waals surface area (Å²) < 4.78 is 24.2. The fourth-order valence-corrected chi connectivity index (χ4v) is 2.13. The van der Waals surface area contributed by atoms with Crippen molar-refractivity contribution in [2.24, 2.45) is 5.73 Å². The van der Waals surface area contributed by atoms with Gasteiger partial charge in [-0.3, -0.25) is 0 Å². The predicted octanol–water partition coefficient (Wildman–Crippen LogP) is 3.61. The van der Waals surface area contributed by atoms with Gasteiger partial charge in [0.1, 0.15) is 29.5 Å². The van der Waals surface area contributed by atoms with Crippen molar-refractivity contribution in [3.05, 3.63) is 65.7 Å². The number of ether oxygens (including phenoxy) is 1. The normalized spacial score (nSPS) is 10.9. The van der Waals surface area contributed by atoms with Crippen LogP contribution in [0.3, 0.4) is 0 Å². The molecule has 0 bridgehead atoms. The molecule has 0 saturated carbocycles. The lowest BCUT2D eigenvalue weighted by molar-refractivity contribution is 0.273. The largest absolute Gasteiger partial charge is 0.486 e. The lowest BCUT2D eigenvalue weighted by atomic mass is 10.1. The topological polar surface area (TPSA) is 48.4 Å². The van der Waals surface area contributed by atoms with Gasteiger partial charge < -0.3 is 14.9 Å². The summed E-state index contributed by atoms with van der Waals surface area (Å²) in [6.45, 7) is 0.712. The minimum absolute atomic E-state index is 0.252. The van der Waals surface area contributed by atoms with E-state index in [2.05, 4.69) is 0 Å². The van der Waals surface area contributed by atoms with Gasteiger partial charge in [-0.2, -0.15) is 0 Å². The summed E-state index contributed by atoms with van der Waals surface area (Å²) in [6.07, 6.45) is 0. The smallest absolute Gasteiger partial charge is 0.146 e. The summed E-state index contributed by atoms with van der Waals surface area (Å²) >= 11 is 0. The van der Waals surface area contributed by atoms with Crippen LogP contribution in [0, 0.1) is 5.82 Å². The number of hydrogen-bond donors (Lipinski definition) is 1. The quantitative estimate of drug-likeness (QED) is 0.788. The maximum Gasteiger partial charge on any atom is 0.146 e. The van der Waals surface area contributed by atoms with Crippen molar-refractivity contribution in [2.75, 3.05) is 0 Å². The number of rotatable bonds is 4. The second kappa shape index (κ2) is 5.35. The first-order valence-electron chi connectivity index (χ1n) is 6.35. The highest BCUT2D eigenvalue weighted by Crippen LogP contribution is 2.24. The Morgan fingerprint density at radius 2 is 1.95 bits per heavy atom. The Bertz CT molecular complexity index is 736. The van der Waals surface area contributed by atoms with E-state index in [1.165, 1.54) is 12.1 Å². The van der Waals surface area contributed by atoms with Crippen molar-refractivity contribution in [3.8, 4) is 5.75 Å². The maximum atomic E-state index is 13.0. The molecular weight excluding hydrogens is 257 g/mol. The van der Waals surface area contributed by atoms with E-state index in [0.717, 1.165) is 16.5 Å². The molecule has 0 amide bonds. The highest BCUT2D eigenvalue weighted by molar-refractivity contribution is 5.81. The number of nitrogens with two attached hydrogens (primary N) is 1. The molecule has 0 aliphatic carbocycles. The van der Waals surface area contributed by atoms with Crippen molar-refractivity contribution >= 4 is 11.0 Å². The van der Waals surface area contributed by atoms with E-state index in [-0.39, 0.29) is 12.4 Å². The molecule has 1 aromatic heterocycles. The summed E-state index contributed by atoms with van der Waals surface area (Å²) in [5, 5.41) is 0.993.